The lowest BCUT2D eigenvalue weighted by Crippen LogP contribution is -2.01. The fourth-order valence-corrected chi connectivity index (χ4v) is 7.07. The van der Waals surface area contributed by atoms with E-state index in [1.807, 2.05) is 0 Å². The van der Waals surface area contributed by atoms with Gasteiger partial charge in [-0.15, -0.1) is 0 Å². The van der Waals surface area contributed by atoms with Crippen molar-refractivity contribution in [2.75, 3.05) is 0 Å². The van der Waals surface area contributed by atoms with Crippen molar-refractivity contribution in [3.63, 3.8) is 0 Å². The van der Waals surface area contributed by atoms with E-state index >= 15 is 0 Å². The predicted molar refractivity (Wildman–Crippen MR) is 185 cm³/mol. The van der Waals surface area contributed by atoms with Crippen molar-refractivity contribution < 1.29 is 0 Å². The molecule has 0 fully saturated rings. The molecule has 0 amide bonds. The smallest absolute Gasteiger partial charge is 0.0737 e. The number of aromatic amines is 2. The minimum atomic E-state index is 0.901. The summed E-state index contributed by atoms with van der Waals surface area (Å²) in [5, 5.41) is 0. The molecule has 8 bridgehead atoms. The summed E-state index contributed by atoms with van der Waals surface area (Å²) in [5.74, 6) is 0. The number of aryl methyl sites for hydroxylation is 8. The Hall–Kier alpha value is -4.96. The molecule has 4 heteroatoms. The highest BCUT2D eigenvalue weighted by Crippen LogP contribution is 2.36. The van der Waals surface area contributed by atoms with E-state index in [9.17, 15) is 0 Å². The molecule has 5 heterocycles. The highest BCUT2D eigenvalue weighted by Gasteiger charge is 2.21. The van der Waals surface area contributed by atoms with E-state index in [-0.39, 0.29) is 0 Å². The Labute approximate surface area is 260 Å². The first-order valence-corrected chi connectivity index (χ1v) is 15.5. The molecule has 4 nitrogen and oxygen atoms in total. The zero-order chi connectivity index (χ0) is 30.5. The maximum absolute atomic E-state index is 5.12. The van der Waals surface area contributed by atoms with Crippen molar-refractivity contribution in [1.29, 1.82) is 0 Å². The van der Waals surface area contributed by atoms with Gasteiger partial charge >= 0.3 is 0 Å². The largest absolute Gasteiger partial charge is 0.358 e. The first kappa shape index (κ1) is 27.8. The molecule has 3 aliphatic rings. The minimum Gasteiger partial charge on any atom is -0.358 e. The van der Waals surface area contributed by atoms with Crippen LogP contribution in [0.25, 0.3) is 11.1 Å². The molecule has 4 aromatic rings. The molecule has 0 atom stereocenters. The van der Waals surface area contributed by atoms with Gasteiger partial charge in [-0.25, -0.2) is 9.98 Å². The van der Waals surface area contributed by atoms with E-state index in [2.05, 4.69) is 136 Å². The van der Waals surface area contributed by atoms with Crippen LogP contribution in [0.4, 0.5) is 0 Å². The Kier molecular flexibility index (Phi) is 6.93. The quantitative estimate of drug-likeness (QED) is 0.240. The second-order valence-electron chi connectivity index (χ2n) is 12.4. The van der Waals surface area contributed by atoms with Crippen LogP contribution in [0, 0.1) is 41.5 Å². The fourth-order valence-electron chi connectivity index (χ4n) is 7.07. The summed E-state index contributed by atoms with van der Waals surface area (Å²) in [4.78, 5) is 17.8. The minimum absolute atomic E-state index is 0.901. The average molecular weight is 575 g/mol. The van der Waals surface area contributed by atoms with Gasteiger partial charge in [0.2, 0.25) is 0 Å². The lowest BCUT2D eigenvalue weighted by Gasteiger charge is -2.16. The Morgan fingerprint density at radius 3 is 1.23 bits per heavy atom. The molecular formula is C40H38N4. The van der Waals surface area contributed by atoms with Gasteiger partial charge in [0.15, 0.2) is 0 Å². The maximum Gasteiger partial charge on any atom is 0.0737 e. The lowest BCUT2D eigenvalue weighted by molar-refractivity contribution is 0.894. The van der Waals surface area contributed by atoms with Gasteiger partial charge < -0.3 is 9.97 Å². The van der Waals surface area contributed by atoms with Crippen LogP contribution in [0.1, 0.15) is 67.3 Å². The number of nitrogens with one attached hydrogen (secondary N) is 2. The van der Waals surface area contributed by atoms with Crippen LogP contribution in [-0.2, 0) is 12.8 Å². The fraction of sp³-hybridized carbons (Fsp3) is 0.200. The Balaban J connectivity index is 1.40. The van der Waals surface area contributed by atoms with Crippen molar-refractivity contribution in [1.82, 2.24) is 9.97 Å². The third kappa shape index (κ3) is 5.11. The molecule has 44 heavy (non-hydrogen) atoms. The number of hydrogen-bond donors (Lipinski definition) is 2. The van der Waals surface area contributed by atoms with Crippen molar-refractivity contribution in [3.8, 4) is 0 Å². The maximum atomic E-state index is 5.12. The zero-order valence-electron chi connectivity index (χ0n) is 26.4. The van der Waals surface area contributed by atoms with Gasteiger partial charge in [0, 0.05) is 33.9 Å². The van der Waals surface area contributed by atoms with E-state index in [1.54, 1.807) is 0 Å². The molecule has 3 aliphatic heterocycles. The molecule has 2 aromatic heterocycles. The summed E-state index contributed by atoms with van der Waals surface area (Å²) in [6, 6.07) is 17.9. The lowest BCUT2D eigenvalue weighted by atomic mass is 9.90. The normalized spacial score (nSPS) is 20.0. The summed E-state index contributed by atoms with van der Waals surface area (Å²) in [6.07, 6.45) is 14.4. The van der Waals surface area contributed by atoms with Crippen LogP contribution in [0.5, 0.6) is 0 Å². The number of nitrogens with zero attached hydrogens (tertiary/aromatic N) is 2. The summed E-state index contributed by atoms with van der Waals surface area (Å²) in [6.45, 7) is 13.1. The second kappa shape index (κ2) is 10.9. The number of aliphatic imine (C=N–C) groups is 2. The molecule has 0 spiro atoms. The highest BCUT2D eigenvalue weighted by atomic mass is 14.8. The van der Waals surface area contributed by atoms with Gasteiger partial charge in [0.05, 0.1) is 22.8 Å². The van der Waals surface area contributed by atoms with E-state index in [4.69, 9.17) is 9.98 Å². The number of allylic oxidation sites excluding steroid dienone is 6. The Morgan fingerprint density at radius 1 is 0.477 bits per heavy atom. The van der Waals surface area contributed by atoms with E-state index in [0.29, 0.717) is 0 Å². The number of H-pyrrole nitrogens is 2. The average Bonchev–Trinajstić information content (AvgIpc) is 3.78. The van der Waals surface area contributed by atoms with Crippen LogP contribution >= 0.6 is 0 Å². The highest BCUT2D eigenvalue weighted by molar-refractivity contribution is 6.15. The van der Waals surface area contributed by atoms with Gasteiger partial charge in [0.25, 0.3) is 0 Å². The van der Waals surface area contributed by atoms with Crippen LogP contribution < -0.4 is 0 Å². The molecule has 0 unspecified atom stereocenters. The van der Waals surface area contributed by atoms with Crippen LogP contribution in [-0.4, -0.2) is 21.4 Å². The number of aromatic nitrogens is 2. The number of fused-ring (bicyclic) bond motifs is 6. The van der Waals surface area contributed by atoms with Crippen LogP contribution in [0.3, 0.4) is 0 Å². The topological polar surface area (TPSA) is 56.3 Å². The third-order valence-electron chi connectivity index (χ3n) is 8.81. The molecule has 0 radical (unpaired) electrons. The molecule has 0 saturated heterocycles. The van der Waals surface area contributed by atoms with Crippen molar-refractivity contribution in [2.45, 2.75) is 54.4 Å². The number of hydrogen-bond acceptors (Lipinski definition) is 2. The van der Waals surface area contributed by atoms with E-state index < -0.39 is 0 Å². The molecule has 218 valence electrons. The van der Waals surface area contributed by atoms with Crippen LogP contribution in [0.2, 0.25) is 0 Å². The Bertz CT molecular complexity index is 1860. The third-order valence-corrected chi connectivity index (χ3v) is 8.81. The van der Waals surface area contributed by atoms with Crippen molar-refractivity contribution >= 4 is 22.6 Å². The van der Waals surface area contributed by atoms with Crippen LogP contribution in [0.15, 0.2) is 106 Å². The standard InChI is InChI=1S/C40H38N4/c1-23-19-25(3)37(26(4)20-23)39-33-15-11-29(41-33)7-9-31-13-17-35(43-31)40(38-27(5)21-24(2)22-28(38)6)36-18-14-32(44-36)10-8-30-12-16-34(39)42-30/h7,9,11-22,42,44H,8,10H2,1-6H3/b9-7+,39-33+,40-35+. The summed E-state index contributed by atoms with van der Waals surface area (Å²) >= 11 is 0. The summed E-state index contributed by atoms with van der Waals surface area (Å²) < 4.78 is 0. The van der Waals surface area contributed by atoms with Gasteiger partial charge in [-0.2, -0.15) is 0 Å². The molecule has 2 N–H and O–H groups in total. The van der Waals surface area contributed by atoms with Gasteiger partial charge in [-0.3, -0.25) is 0 Å². The van der Waals surface area contributed by atoms with Gasteiger partial charge in [-0.1, -0.05) is 35.4 Å². The van der Waals surface area contributed by atoms with E-state index in [1.165, 1.54) is 55.9 Å². The second-order valence-corrected chi connectivity index (χ2v) is 12.4. The first-order chi connectivity index (χ1) is 21.2. The number of rotatable bonds is 2. The SMILES string of the molecule is Cc1cc(C)c(/C2=C3\C=CC(=N3)/C=C/C3=NC(=C(/c4c(C)cc(C)cc4C)c4ccc([nH]4)CCc4ccc2[nH]4)/C=C3)c(C)c1. The monoisotopic (exact) mass is 574 g/mol. The first-order valence-electron chi connectivity index (χ1n) is 15.5. The predicted octanol–water partition coefficient (Wildman–Crippen LogP) is 9.09. The number of benzene rings is 2. The molecule has 0 saturated carbocycles. The summed E-state index contributed by atoms with van der Waals surface area (Å²) in [7, 11) is 0. The zero-order valence-corrected chi connectivity index (χ0v) is 26.4. The van der Waals surface area contributed by atoms with Gasteiger partial charge in [-0.05, 0) is 148 Å². The Morgan fingerprint density at radius 2 is 0.841 bits per heavy atom. The molecule has 7 rings (SSSR count). The molecular weight excluding hydrogens is 536 g/mol. The van der Waals surface area contributed by atoms with Crippen molar-refractivity contribution in [2.24, 2.45) is 9.98 Å². The van der Waals surface area contributed by atoms with Crippen molar-refractivity contribution in [3.05, 3.63) is 164 Å². The molecule has 0 aliphatic carbocycles. The summed E-state index contributed by atoms with van der Waals surface area (Å²) in [5.41, 5.74) is 20.8. The van der Waals surface area contributed by atoms with E-state index in [0.717, 1.165) is 58.2 Å². The van der Waals surface area contributed by atoms with Gasteiger partial charge in [0.1, 0.15) is 0 Å². The molecule has 2 aromatic carbocycles.